The molecule has 9 heteroatoms. The Labute approximate surface area is 142 Å². The van der Waals surface area contributed by atoms with Crippen LogP contribution in [-0.2, 0) is 9.59 Å². The Morgan fingerprint density at radius 1 is 1.16 bits per heavy atom. The standard InChI is InChI=1S/C16H17F2N3O4/c17-10-2-1-3-11(18)13(10)21-7-5-12(14(21)22)19-16(25)20-6-4-9(8-20)15(23)24/h1-3,9,12H,4-8H2,(H,19,25)(H,23,24). The number of carboxylic acid groups (broad SMARTS) is 1. The van der Waals surface area contributed by atoms with Gasteiger partial charge in [-0.25, -0.2) is 13.6 Å². The van der Waals surface area contributed by atoms with Crippen LogP contribution < -0.4 is 10.2 Å². The number of hydrogen-bond donors (Lipinski definition) is 2. The summed E-state index contributed by atoms with van der Waals surface area (Å²) < 4.78 is 27.7. The third-order valence-corrected chi connectivity index (χ3v) is 4.54. The van der Waals surface area contributed by atoms with Crippen LogP contribution >= 0.6 is 0 Å². The highest BCUT2D eigenvalue weighted by Gasteiger charge is 2.38. The number of anilines is 1. The molecule has 2 atom stereocenters. The number of para-hydroxylation sites is 1. The van der Waals surface area contributed by atoms with Crippen LogP contribution in [0.25, 0.3) is 0 Å². The zero-order chi connectivity index (χ0) is 18.1. The average Bonchev–Trinajstić information content (AvgIpc) is 3.17. The topological polar surface area (TPSA) is 89.9 Å². The van der Waals surface area contributed by atoms with Crippen molar-refractivity contribution in [3.63, 3.8) is 0 Å². The smallest absolute Gasteiger partial charge is 0.318 e. The third-order valence-electron chi connectivity index (χ3n) is 4.54. The molecule has 2 fully saturated rings. The molecule has 0 bridgehead atoms. The van der Waals surface area contributed by atoms with E-state index in [9.17, 15) is 23.2 Å². The maximum Gasteiger partial charge on any atom is 0.318 e. The molecule has 2 aliphatic heterocycles. The van der Waals surface area contributed by atoms with E-state index in [4.69, 9.17) is 5.11 Å². The van der Waals surface area contributed by atoms with Crippen molar-refractivity contribution in [1.29, 1.82) is 0 Å². The molecule has 2 saturated heterocycles. The highest BCUT2D eigenvalue weighted by molar-refractivity contribution is 6.01. The monoisotopic (exact) mass is 353 g/mol. The van der Waals surface area contributed by atoms with Crippen molar-refractivity contribution < 1.29 is 28.3 Å². The lowest BCUT2D eigenvalue weighted by molar-refractivity contribution is -0.141. The van der Waals surface area contributed by atoms with Crippen LogP contribution in [0, 0.1) is 17.6 Å². The fraction of sp³-hybridized carbons (Fsp3) is 0.438. The Balaban J connectivity index is 1.65. The first kappa shape index (κ1) is 17.1. The lowest BCUT2D eigenvalue weighted by Gasteiger charge is -2.21. The van der Waals surface area contributed by atoms with Gasteiger partial charge in [0.05, 0.1) is 5.92 Å². The zero-order valence-electron chi connectivity index (χ0n) is 13.2. The molecule has 2 unspecified atom stereocenters. The molecule has 25 heavy (non-hydrogen) atoms. The highest BCUT2D eigenvalue weighted by Crippen LogP contribution is 2.27. The molecular weight excluding hydrogens is 336 g/mol. The Bertz CT molecular complexity index is 707. The van der Waals surface area contributed by atoms with E-state index in [1.807, 2.05) is 0 Å². The summed E-state index contributed by atoms with van der Waals surface area (Å²) >= 11 is 0. The third kappa shape index (κ3) is 3.26. The summed E-state index contributed by atoms with van der Waals surface area (Å²) in [7, 11) is 0. The molecular formula is C16H17F2N3O4. The van der Waals surface area contributed by atoms with Gasteiger partial charge in [0.1, 0.15) is 23.4 Å². The van der Waals surface area contributed by atoms with Crippen LogP contribution in [0.5, 0.6) is 0 Å². The van der Waals surface area contributed by atoms with Gasteiger partial charge in [-0.3, -0.25) is 9.59 Å². The summed E-state index contributed by atoms with van der Waals surface area (Å²) in [6.45, 7) is 0.447. The van der Waals surface area contributed by atoms with Gasteiger partial charge >= 0.3 is 12.0 Å². The molecule has 0 radical (unpaired) electrons. The lowest BCUT2D eigenvalue weighted by atomic mass is 10.1. The van der Waals surface area contributed by atoms with Crippen LogP contribution in [0.2, 0.25) is 0 Å². The second kappa shape index (κ2) is 6.66. The Morgan fingerprint density at radius 3 is 2.44 bits per heavy atom. The molecule has 134 valence electrons. The second-order valence-electron chi connectivity index (χ2n) is 6.12. The molecule has 0 aliphatic carbocycles. The number of halogens is 2. The maximum absolute atomic E-state index is 13.8. The first-order valence-corrected chi connectivity index (χ1v) is 7.92. The molecule has 2 heterocycles. The zero-order valence-corrected chi connectivity index (χ0v) is 13.2. The average molecular weight is 353 g/mol. The summed E-state index contributed by atoms with van der Waals surface area (Å²) in [5.74, 6) is -3.86. The summed E-state index contributed by atoms with van der Waals surface area (Å²) in [5.41, 5.74) is -0.420. The minimum Gasteiger partial charge on any atom is -0.481 e. The number of likely N-dealkylation sites (tertiary alicyclic amines) is 1. The number of rotatable bonds is 3. The number of aliphatic carboxylic acids is 1. The van der Waals surface area contributed by atoms with E-state index >= 15 is 0 Å². The molecule has 1 aromatic carbocycles. The number of nitrogens with zero attached hydrogens (tertiary/aromatic N) is 2. The fourth-order valence-electron chi connectivity index (χ4n) is 3.17. The van der Waals surface area contributed by atoms with Gasteiger partial charge in [-0.05, 0) is 25.0 Å². The molecule has 3 amide bonds. The Kier molecular flexibility index (Phi) is 4.56. The maximum atomic E-state index is 13.8. The van der Waals surface area contributed by atoms with Gasteiger partial charge in [-0.15, -0.1) is 0 Å². The summed E-state index contributed by atoms with van der Waals surface area (Å²) in [6, 6.07) is 1.90. The number of benzene rings is 1. The van der Waals surface area contributed by atoms with Crippen molar-refractivity contribution in [2.75, 3.05) is 24.5 Å². The van der Waals surface area contributed by atoms with Crippen LogP contribution in [0.1, 0.15) is 12.8 Å². The molecule has 0 saturated carbocycles. The molecule has 0 aromatic heterocycles. The van der Waals surface area contributed by atoms with E-state index in [0.29, 0.717) is 6.42 Å². The first-order chi connectivity index (χ1) is 11.9. The van der Waals surface area contributed by atoms with Gasteiger partial charge in [-0.2, -0.15) is 0 Å². The summed E-state index contributed by atoms with van der Waals surface area (Å²) in [4.78, 5) is 37.9. The van der Waals surface area contributed by atoms with Gasteiger partial charge in [-0.1, -0.05) is 6.07 Å². The van der Waals surface area contributed by atoms with Crippen LogP contribution in [0.3, 0.4) is 0 Å². The van der Waals surface area contributed by atoms with Crippen molar-refractivity contribution in [2.45, 2.75) is 18.9 Å². The molecule has 1 aromatic rings. The van der Waals surface area contributed by atoms with Gasteiger partial charge < -0.3 is 20.2 Å². The SMILES string of the molecule is O=C(O)C1CCN(C(=O)NC2CCN(c3c(F)cccc3F)C2=O)C1. The molecule has 3 rings (SSSR count). The van der Waals surface area contributed by atoms with E-state index < -0.39 is 47.2 Å². The second-order valence-corrected chi connectivity index (χ2v) is 6.12. The predicted molar refractivity (Wildman–Crippen MR) is 83.0 cm³/mol. The molecule has 7 nitrogen and oxygen atoms in total. The van der Waals surface area contributed by atoms with E-state index in [-0.39, 0.29) is 26.1 Å². The minimum absolute atomic E-state index is 0.0771. The number of carbonyl (C=O) groups excluding carboxylic acids is 2. The fourth-order valence-corrected chi connectivity index (χ4v) is 3.17. The summed E-state index contributed by atoms with van der Waals surface area (Å²) in [5, 5.41) is 11.5. The number of amides is 3. The van der Waals surface area contributed by atoms with Crippen LogP contribution in [0.4, 0.5) is 19.3 Å². The number of carbonyl (C=O) groups is 3. The number of urea groups is 1. The Morgan fingerprint density at radius 2 is 1.84 bits per heavy atom. The first-order valence-electron chi connectivity index (χ1n) is 7.92. The van der Waals surface area contributed by atoms with Crippen molar-refractivity contribution >= 4 is 23.6 Å². The minimum atomic E-state index is -0.964. The quantitative estimate of drug-likeness (QED) is 0.854. The Hall–Kier alpha value is -2.71. The number of carboxylic acids is 1. The van der Waals surface area contributed by atoms with Gasteiger partial charge in [0.15, 0.2) is 0 Å². The summed E-state index contributed by atoms with van der Waals surface area (Å²) in [6.07, 6.45) is 0.572. The van der Waals surface area contributed by atoms with Gasteiger partial charge in [0.2, 0.25) is 5.91 Å². The number of nitrogens with one attached hydrogen (secondary N) is 1. The normalized spacial score (nSPS) is 23.2. The van der Waals surface area contributed by atoms with E-state index in [2.05, 4.69) is 5.32 Å². The molecule has 2 N–H and O–H groups in total. The van der Waals surface area contributed by atoms with Crippen molar-refractivity contribution in [2.24, 2.45) is 5.92 Å². The molecule has 2 aliphatic rings. The highest BCUT2D eigenvalue weighted by atomic mass is 19.1. The van der Waals surface area contributed by atoms with Crippen LogP contribution in [-0.4, -0.2) is 53.6 Å². The van der Waals surface area contributed by atoms with Gasteiger partial charge in [0.25, 0.3) is 0 Å². The predicted octanol–water partition coefficient (Wildman–Crippen LogP) is 1.19. The van der Waals surface area contributed by atoms with Crippen molar-refractivity contribution in [3.05, 3.63) is 29.8 Å². The lowest BCUT2D eigenvalue weighted by Crippen LogP contribution is -2.47. The van der Waals surface area contributed by atoms with E-state index in [0.717, 1.165) is 17.0 Å². The number of hydrogen-bond acceptors (Lipinski definition) is 3. The van der Waals surface area contributed by atoms with Crippen molar-refractivity contribution in [3.8, 4) is 0 Å². The van der Waals surface area contributed by atoms with E-state index in [1.54, 1.807) is 0 Å². The van der Waals surface area contributed by atoms with Crippen LogP contribution in [0.15, 0.2) is 18.2 Å². The van der Waals surface area contributed by atoms with E-state index in [1.165, 1.54) is 11.0 Å². The van der Waals surface area contributed by atoms with Gasteiger partial charge in [0, 0.05) is 19.6 Å². The molecule has 0 spiro atoms. The van der Waals surface area contributed by atoms with Crippen molar-refractivity contribution in [1.82, 2.24) is 10.2 Å². The largest absolute Gasteiger partial charge is 0.481 e.